The molecule has 0 bridgehead atoms. The maximum absolute atomic E-state index is 12.8. The molecule has 0 saturated carbocycles. The van der Waals surface area contributed by atoms with E-state index in [1.54, 1.807) is 18.7 Å². The minimum atomic E-state index is -1.02. The molecule has 0 radical (unpaired) electrons. The van der Waals surface area contributed by atoms with Gasteiger partial charge in [0.05, 0.1) is 24.5 Å². The van der Waals surface area contributed by atoms with E-state index < -0.39 is 18.7 Å². The second-order valence-corrected chi connectivity index (χ2v) is 7.68. The Morgan fingerprint density at radius 3 is 2.64 bits per heavy atom. The van der Waals surface area contributed by atoms with Crippen molar-refractivity contribution in [3.05, 3.63) is 70.8 Å². The fourth-order valence-corrected chi connectivity index (χ4v) is 3.24. The summed E-state index contributed by atoms with van der Waals surface area (Å²) in [5.74, 6) is 0.696. The number of carbonyl (C=O) groups is 1. The number of aromatic nitrogens is 2. The Kier molecular flexibility index (Phi) is 8.42. The van der Waals surface area contributed by atoms with E-state index in [4.69, 9.17) is 14.6 Å². The number of carbonyl (C=O) groups excluding carboxylic acids is 1. The van der Waals surface area contributed by atoms with Crippen LogP contribution in [0.5, 0.6) is 5.88 Å². The number of aliphatic hydroxyl groups is 2. The number of nitrogens with zero attached hydrogens (tertiary/aromatic N) is 2. The molecule has 1 heterocycles. The third-order valence-electron chi connectivity index (χ3n) is 5.10. The highest BCUT2D eigenvalue weighted by atomic mass is 16.5. The molecule has 3 rings (SSSR count). The first-order chi connectivity index (χ1) is 15.9. The number of benzene rings is 2. The number of anilines is 1. The Labute approximate surface area is 193 Å². The summed E-state index contributed by atoms with van der Waals surface area (Å²) in [5, 5.41) is 28.8. The molecule has 0 saturated heterocycles. The number of para-hydroxylation sites is 1. The van der Waals surface area contributed by atoms with Crippen LogP contribution in [0.15, 0.2) is 48.5 Å². The third-order valence-corrected chi connectivity index (χ3v) is 5.10. The van der Waals surface area contributed by atoms with Crippen LogP contribution in [0.1, 0.15) is 22.3 Å². The lowest BCUT2D eigenvalue weighted by molar-refractivity contribution is 0.0518. The summed E-state index contributed by atoms with van der Waals surface area (Å²) in [6.07, 6.45) is -1.02. The topological polar surface area (TPSA) is 118 Å². The molecular formula is C24H30N4O5. The van der Waals surface area contributed by atoms with Gasteiger partial charge in [0, 0.05) is 13.7 Å². The molecule has 176 valence electrons. The number of rotatable bonds is 10. The zero-order chi connectivity index (χ0) is 23.8. The van der Waals surface area contributed by atoms with Gasteiger partial charge in [-0.05, 0) is 42.7 Å². The normalized spacial score (nSPS) is 11.8. The molecule has 9 heteroatoms. The Hall–Kier alpha value is -3.40. The predicted octanol–water partition coefficient (Wildman–Crippen LogP) is 2.69. The van der Waals surface area contributed by atoms with E-state index in [0.29, 0.717) is 24.5 Å². The third kappa shape index (κ3) is 6.32. The predicted molar refractivity (Wildman–Crippen MR) is 125 cm³/mol. The van der Waals surface area contributed by atoms with Crippen LogP contribution in [-0.2, 0) is 17.9 Å². The van der Waals surface area contributed by atoms with Crippen LogP contribution >= 0.6 is 0 Å². The lowest BCUT2D eigenvalue weighted by atomic mass is 10.1. The van der Waals surface area contributed by atoms with Crippen molar-refractivity contribution >= 4 is 11.8 Å². The van der Waals surface area contributed by atoms with Gasteiger partial charge in [-0.25, -0.2) is 9.48 Å². The van der Waals surface area contributed by atoms with Crippen molar-refractivity contribution in [3.8, 4) is 11.6 Å². The first kappa shape index (κ1) is 24.2. The Morgan fingerprint density at radius 1 is 1.18 bits per heavy atom. The Bertz CT molecular complexity index is 1070. The van der Waals surface area contributed by atoms with Gasteiger partial charge in [0.1, 0.15) is 18.5 Å². The summed E-state index contributed by atoms with van der Waals surface area (Å²) >= 11 is 0. The van der Waals surface area contributed by atoms with Crippen molar-refractivity contribution in [2.24, 2.45) is 0 Å². The summed E-state index contributed by atoms with van der Waals surface area (Å²) < 4.78 is 12.3. The summed E-state index contributed by atoms with van der Waals surface area (Å²) in [4.78, 5) is 12.8. The molecule has 0 fully saturated rings. The number of methoxy groups -OCH3 is 1. The first-order valence-electron chi connectivity index (χ1n) is 10.6. The van der Waals surface area contributed by atoms with Gasteiger partial charge in [0.2, 0.25) is 5.88 Å². The van der Waals surface area contributed by atoms with Crippen LogP contribution in [0, 0.1) is 13.8 Å². The van der Waals surface area contributed by atoms with Crippen LogP contribution in [0.3, 0.4) is 0 Å². The molecule has 0 spiro atoms. The molecule has 9 nitrogen and oxygen atoms in total. The lowest BCUT2D eigenvalue weighted by Crippen LogP contribution is -2.29. The molecular weight excluding hydrogens is 424 g/mol. The quantitative estimate of drug-likeness (QED) is 0.374. The monoisotopic (exact) mass is 454 g/mol. The highest BCUT2D eigenvalue weighted by molar-refractivity contribution is 5.89. The van der Waals surface area contributed by atoms with Crippen LogP contribution in [0.2, 0.25) is 0 Å². The van der Waals surface area contributed by atoms with Crippen molar-refractivity contribution < 1.29 is 24.5 Å². The van der Waals surface area contributed by atoms with E-state index in [-0.39, 0.29) is 12.5 Å². The molecule has 2 amide bonds. The SMILES string of the molecule is COCc1ccc(C)c(CNC(=O)Nc2c(C)c(OC[C@H](O)CO)nn2-c2ccccc2)c1. The average molecular weight is 455 g/mol. The summed E-state index contributed by atoms with van der Waals surface area (Å²) in [5.41, 5.74) is 4.42. The van der Waals surface area contributed by atoms with Gasteiger partial charge >= 0.3 is 6.03 Å². The number of nitrogens with one attached hydrogen (secondary N) is 2. The number of hydrogen-bond acceptors (Lipinski definition) is 6. The smallest absolute Gasteiger partial charge is 0.320 e. The molecule has 1 atom stereocenters. The summed E-state index contributed by atoms with van der Waals surface area (Å²) in [6, 6.07) is 14.9. The van der Waals surface area contributed by atoms with Crippen molar-refractivity contribution in [2.75, 3.05) is 25.6 Å². The van der Waals surface area contributed by atoms with E-state index >= 15 is 0 Å². The van der Waals surface area contributed by atoms with Gasteiger partial charge < -0.3 is 25.0 Å². The van der Waals surface area contributed by atoms with Gasteiger partial charge in [-0.3, -0.25) is 5.32 Å². The van der Waals surface area contributed by atoms with Gasteiger partial charge in [-0.2, -0.15) is 0 Å². The molecule has 0 aliphatic carbocycles. The summed E-state index contributed by atoms with van der Waals surface area (Å²) in [6.45, 7) is 4.07. The zero-order valence-corrected chi connectivity index (χ0v) is 19.0. The molecule has 4 N–H and O–H groups in total. The minimum Gasteiger partial charge on any atom is -0.474 e. The minimum absolute atomic E-state index is 0.119. The van der Waals surface area contributed by atoms with Crippen LogP contribution in [-0.4, -0.2) is 52.5 Å². The van der Waals surface area contributed by atoms with Gasteiger partial charge in [0.25, 0.3) is 0 Å². The molecule has 0 aliphatic rings. The molecule has 3 aromatic rings. The maximum Gasteiger partial charge on any atom is 0.320 e. The fraction of sp³-hybridized carbons (Fsp3) is 0.333. The molecule has 0 unspecified atom stereocenters. The standard InChI is InChI=1S/C24H30N4O5/c1-16-9-10-18(14-32-3)11-19(16)12-25-24(31)26-22-17(2)23(33-15-21(30)13-29)27-28(22)20-7-5-4-6-8-20/h4-11,21,29-30H,12-15H2,1-3H3,(H2,25,26,31)/t21-/m1/s1. The average Bonchev–Trinajstić information content (AvgIpc) is 3.13. The van der Waals surface area contributed by atoms with E-state index in [0.717, 1.165) is 22.4 Å². The van der Waals surface area contributed by atoms with Crippen LogP contribution in [0.4, 0.5) is 10.6 Å². The maximum atomic E-state index is 12.8. The largest absolute Gasteiger partial charge is 0.474 e. The van der Waals surface area contributed by atoms with Gasteiger partial charge in [0.15, 0.2) is 0 Å². The number of hydrogen-bond donors (Lipinski definition) is 4. The van der Waals surface area contributed by atoms with Gasteiger partial charge in [-0.15, -0.1) is 5.10 Å². The number of ether oxygens (including phenoxy) is 2. The van der Waals surface area contributed by atoms with Crippen molar-refractivity contribution in [3.63, 3.8) is 0 Å². The number of aliphatic hydroxyl groups excluding tert-OH is 2. The van der Waals surface area contributed by atoms with Crippen LogP contribution in [0.25, 0.3) is 5.69 Å². The van der Waals surface area contributed by atoms with Crippen LogP contribution < -0.4 is 15.4 Å². The number of urea groups is 1. The fourth-order valence-electron chi connectivity index (χ4n) is 3.24. The van der Waals surface area contributed by atoms with E-state index in [2.05, 4.69) is 15.7 Å². The molecule has 0 aliphatic heterocycles. The molecule has 2 aromatic carbocycles. The van der Waals surface area contributed by atoms with Crippen molar-refractivity contribution in [2.45, 2.75) is 33.1 Å². The van der Waals surface area contributed by atoms with E-state index in [9.17, 15) is 9.90 Å². The van der Waals surface area contributed by atoms with E-state index in [1.807, 2.05) is 55.5 Å². The van der Waals surface area contributed by atoms with Gasteiger partial charge in [-0.1, -0.05) is 36.4 Å². The molecule has 1 aromatic heterocycles. The van der Waals surface area contributed by atoms with Crippen molar-refractivity contribution in [1.29, 1.82) is 0 Å². The summed E-state index contributed by atoms with van der Waals surface area (Å²) in [7, 11) is 1.64. The number of amides is 2. The Balaban J connectivity index is 1.78. The molecule has 33 heavy (non-hydrogen) atoms. The van der Waals surface area contributed by atoms with Crippen molar-refractivity contribution in [1.82, 2.24) is 15.1 Å². The first-order valence-corrected chi connectivity index (χ1v) is 10.6. The zero-order valence-electron chi connectivity index (χ0n) is 19.0. The Morgan fingerprint density at radius 2 is 1.94 bits per heavy atom. The van der Waals surface area contributed by atoms with E-state index in [1.165, 1.54) is 0 Å². The highest BCUT2D eigenvalue weighted by Gasteiger charge is 2.20. The second kappa shape index (κ2) is 11.5. The second-order valence-electron chi connectivity index (χ2n) is 7.68. The number of aryl methyl sites for hydroxylation is 1. The highest BCUT2D eigenvalue weighted by Crippen LogP contribution is 2.28. The lowest BCUT2D eigenvalue weighted by Gasteiger charge is -2.13.